The van der Waals surface area contributed by atoms with E-state index >= 15 is 0 Å². The molecule has 43 heavy (non-hydrogen) atoms. The molecule has 8 nitrogen and oxygen atoms in total. The molecular weight excluding hydrogens is 609 g/mol. The van der Waals surface area contributed by atoms with E-state index in [1.807, 2.05) is 30.3 Å². The summed E-state index contributed by atoms with van der Waals surface area (Å²) < 4.78 is 32.7. The van der Waals surface area contributed by atoms with Gasteiger partial charge in [-0.1, -0.05) is 78.9 Å². The van der Waals surface area contributed by atoms with Gasteiger partial charge in [0.15, 0.2) is 0 Å². The average molecular weight is 647 g/mol. The number of halogens is 2. The first-order valence-electron chi connectivity index (χ1n) is 14.3. The highest BCUT2D eigenvalue weighted by atomic mass is 35.5. The molecule has 1 aliphatic carbocycles. The third-order valence-corrected chi connectivity index (χ3v) is 9.39. The van der Waals surface area contributed by atoms with Crippen molar-refractivity contribution in [2.75, 3.05) is 17.1 Å². The van der Waals surface area contributed by atoms with E-state index in [-0.39, 0.29) is 18.5 Å². The van der Waals surface area contributed by atoms with Gasteiger partial charge in [0, 0.05) is 12.6 Å². The molecule has 3 aromatic rings. The van der Waals surface area contributed by atoms with Crippen LogP contribution in [0.3, 0.4) is 0 Å². The van der Waals surface area contributed by atoms with E-state index in [1.165, 1.54) is 4.90 Å². The van der Waals surface area contributed by atoms with Crippen molar-refractivity contribution in [2.24, 2.45) is 0 Å². The van der Waals surface area contributed by atoms with Gasteiger partial charge in [-0.15, -0.1) is 0 Å². The highest BCUT2D eigenvalue weighted by molar-refractivity contribution is 7.92. The van der Waals surface area contributed by atoms with Gasteiger partial charge in [-0.2, -0.15) is 0 Å². The molecule has 3 aromatic carbocycles. The Morgan fingerprint density at radius 1 is 0.930 bits per heavy atom. The van der Waals surface area contributed by atoms with Crippen molar-refractivity contribution in [1.29, 1.82) is 0 Å². The zero-order valence-corrected chi connectivity index (χ0v) is 26.7. The molecule has 230 valence electrons. The number of nitrogens with one attached hydrogen (secondary N) is 1. The molecule has 0 spiro atoms. The molecule has 0 aromatic heterocycles. The van der Waals surface area contributed by atoms with E-state index in [2.05, 4.69) is 5.32 Å². The Morgan fingerprint density at radius 3 is 2.23 bits per heavy atom. The zero-order valence-electron chi connectivity index (χ0n) is 24.3. The van der Waals surface area contributed by atoms with Crippen molar-refractivity contribution < 1.29 is 22.7 Å². The third kappa shape index (κ3) is 9.36. The lowest BCUT2D eigenvalue weighted by Crippen LogP contribution is -2.52. The standard InChI is InChI=1S/C32H37Cl2N3O5S/c1-23(32(39)35-26-11-7-4-8-12-26)36(20-25-13-18-29(33)30(34)19-25)31(38)21-37(43(2,40)41)27-14-16-28(17-15-27)42-22-24-9-5-3-6-10-24/h3,5-6,9-10,13-19,23,26H,4,7-8,11-12,20-22H2,1-2H3,(H,35,39)/t23-/m0/s1. The van der Waals surface area contributed by atoms with E-state index in [0.29, 0.717) is 33.7 Å². The quantitative estimate of drug-likeness (QED) is 0.253. The summed E-state index contributed by atoms with van der Waals surface area (Å²) in [6.07, 6.45) is 6.07. The minimum atomic E-state index is -3.86. The lowest BCUT2D eigenvalue weighted by Gasteiger charge is -2.33. The van der Waals surface area contributed by atoms with Crippen LogP contribution in [0.15, 0.2) is 72.8 Å². The summed E-state index contributed by atoms with van der Waals surface area (Å²) in [5.41, 5.74) is 1.96. The number of benzene rings is 3. The van der Waals surface area contributed by atoms with Gasteiger partial charge < -0.3 is 15.0 Å². The van der Waals surface area contributed by atoms with Crippen LogP contribution in [0.5, 0.6) is 5.75 Å². The monoisotopic (exact) mass is 645 g/mol. The molecule has 4 rings (SSSR count). The van der Waals surface area contributed by atoms with Gasteiger partial charge in [-0.25, -0.2) is 8.42 Å². The maximum absolute atomic E-state index is 13.9. The SMILES string of the molecule is C[C@@H](C(=O)NC1CCCCC1)N(Cc1ccc(Cl)c(Cl)c1)C(=O)CN(c1ccc(OCc2ccccc2)cc1)S(C)(=O)=O. The van der Waals surface area contributed by atoms with Gasteiger partial charge in [0.05, 0.1) is 22.0 Å². The number of hydrogen-bond acceptors (Lipinski definition) is 5. The van der Waals surface area contributed by atoms with Crippen molar-refractivity contribution >= 4 is 50.7 Å². The summed E-state index contributed by atoms with van der Waals surface area (Å²) in [7, 11) is -3.86. The topological polar surface area (TPSA) is 96.0 Å². The lowest BCUT2D eigenvalue weighted by molar-refractivity contribution is -0.139. The highest BCUT2D eigenvalue weighted by Gasteiger charge is 2.31. The Labute approximate surface area is 264 Å². The smallest absolute Gasteiger partial charge is 0.244 e. The number of carbonyl (C=O) groups is 2. The molecule has 1 saturated carbocycles. The molecule has 1 aliphatic rings. The number of nitrogens with zero attached hydrogens (tertiary/aromatic N) is 2. The summed E-state index contributed by atoms with van der Waals surface area (Å²) in [5.74, 6) is -0.264. The van der Waals surface area contributed by atoms with Crippen molar-refractivity contribution in [1.82, 2.24) is 10.2 Å². The number of carbonyl (C=O) groups excluding carboxylic acids is 2. The molecule has 0 bridgehead atoms. The largest absolute Gasteiger partial charge is 0.489 e. The first-order chi connectivity index (χ1) is 20.5. The molecule has 1 fully saturated rings. The molecule has 0 unspecified atom stereocenters. The van der Waals surface area contributed by atoms with Crippen LogP contribution in [0.25, 0.3) is 0 Å². The number of rotatable bonds is 12. The van der Waals surface area contributed by atoms with Gasteiger partial charge in [0.1, 0.15) is 24.9 Å². The van der Waals surface area contributed by atoms with Crippen LogP contribution in [0, 0.1) is 0 Å². The van der Waals surface area contributed by atoms with Crippen LogP contribution < -0.4 is 14.4 Å². The maximum atomic E-state index is 13.9. The second-order valence-electron chi connectivity index (χ2n) is 10.8. The summed E-state index contributed by atoms with van der Waals surface area (Å²) in [6.45, 7) is 1.56. The second kappa shape index (κ2) is 14.9. The van der Waals surface area contributed by atoms with E-state index in [9.17, 15) is 18.0 Å². The van der Waals surface area contributed by atoms with Crippen molar-refractivity contribution in [3.8, 4) is 5.75 Å². The molecule has 1 N–H and O–H groups in total. The fourth-order valence-electron chi connectivity index (χ4n) is 5.05. The first-order valence-corrected chi connectivity index (χ1v) is 16.9. The minimum absolute atomic E-state index is 0.0405. The third-order valence-electron chi connectivity index (χ3n) is 7.51. The maximum Gasteiger partial charge on any atom is 0.244 e. The number of ether oxygens (including phenoxy) is 1. The molecule has 0 heterocycles. The first kappa shape index (κ1) is 32.6. The zero-order chi connectivity index (χ0) is 31.0. The van der Waals surface area contributed by atoms with Crippen LogP contribution in [-0.4, -0.2) is 50.0 Å². The van der Waals surface area contributed by atoms with Gasteiger partial charge >= 0.3 is 0 Å². The molecule has 0 aliphatic heterocycles. The Bertz CT molecular complexity index is 1500. The number of amides is 2. The predicted octanol–water partition coefficient (Wildman–Crippen LogP) is 6.20. The van der Waals surface area contributed by atoms with Crippen LogP contribution in [-0.2, 0) is 32.8 Å². The summed E-state index contributed by atoms with van der Waals surface area (Å²) in [6, 6.07) is 20.4. The van der Waals surface area contributed by atoms with Crippen molar-refractivity contribution in [3.05, 3.63) is 94.0 Å². The van der Waals surface area contributed by atoms with E-state index in [1.54, 1.807) is 49.4 Å². The van der Waals surface area contributed by atoms with Crippen molar-refractivity contribution in [3.63, 3.8) is 0 Å². The van der Waals surface area contributed by atoms with Gasteiger partial charge in [-0.3, -0.25) is 13.9 Å². The number of sulfonamides is 1. The van der Waals surface area contributed by atoms with E-state index < -0.39 is 28.5 Å². The Hall–Kier alpha value is -3.27. The van der Waals surface area contributed by atoms with Gasteiger partial charge in [-0.05, 0) is 67.3 Å². The summed E-state index contributed by atoms with van der Waals surface area (Å²) in [4.78, 5) is 28.6. The van der Waals surface area contributed by atoms with Crippen molar-refractivity contribution in [2.45, 2.75) is 64.3 Å². The van der Waals surface area contributed by atoms with E-state index in [4.69, 9.17) is 27.9 Å². The minimum Gasteiger partial charge on any atom is -0.489 e. The molecule has 11 heteroatoms. The van der Waals surface area contributed by atoms with Gasteiger partial charge in [0.25, 0.3) is 0 Å². The van der Waals surface area contributed by atoms with Crippen LogP contribution >= 0.6 is 23.2 Å². The molecule has 0 radical (unpaired) electrons. The fourth-order valence-corrected chi connectivity index (χ4v) is 6.22. The van der Waals surface area contributed by atoms with Crippen LogP contribution in [0.4, 0.5) is 5.69 Å². The van der Waals surface area contributed by atoms with Gasteiger partial charge in [0.2, 0.25) is 21.8 Å². The number of anilines is 1. The van der Waals surface area contributed by atoms with Crippen LogP contribution in [0.2, 0.25) is 10.0 Å². The number of hydrogen-bond donors (Lipinski definition) is 1. The second-order valence-corrected chi connectivity index (χ2v) is 13.5. The Balaban J connectivity index is 1.53. The average Bonchev–Trinajstić information content (AvgIpc) is 2.99. The molecular formula is C32H37Cl2N3O5S. The van der Waals surface area contributed by atoms with Crippen LogP contribution in [0.1, 0.15) is 50.2 Å². The Kier molecular flexibility index (Phi) is 11.3. The Morgan fingerprint density at radius 2 is 1.60 bits per heavy atom. The fraction of sp³-hybridized carbons (Fsp3) is 0.375. The van der Waals surface area contributed by atoms with E-state index in [0.717, 1.165) is 48.2 Å². The summed E-state index contributed by atoms with van der Waals surface area (Å²) in [5, 5.41) is 3.76. The predicted molar refractivity (Wildman–Crippen MR) is 171 cm³/mol. The normalized spacial score (nSPS) is 14.5. The highest BCUT2D eigenvalue weighted by Crippen LogP contribution is 2.26. The molecule has 0 saturated heterocycles. The molecule has 1 atom stereocenters. The summed E-state index contributed by atoms with van der Waals surface area (Å²) >= 11 is 12.3. The lowest BCUT2D eigenvalue weighted by atomic mass is 9.95. The molecule has 2 amide bonds.